The quantitative estimate of drug-likeness (QED) is 0.817. The molecule has 106 valence electrons. The SMILES string of the molecule is Cc1cccc(S(=O)(=O)N(CCC(N)=S)C(C)C)c1. The lowest BCUT2D eigenvalue weighted by atomic mass is 10.2. The molecule has 0 saturated carbocycles. The Kier molecular flexibility index (Phi) is 5.46. The second kappa shape index (κ2) is 6.45. The molecule has 0 heterocycles. The molecule has 0 fully saturated rings. The maximum Gasteiger partial charge on any atom is 0.243 e. The number of nitrogens with two attached hydrogens (primary N) is 1. The smallest absolute Gasteiger partial charge is 0.243 e. The van der Waals surface area contributed by atoms with E-state index in [4.69, 9.17) is 18.0 Å². The molecule has 0 atom stereocenters. The molecule has 0 amide bonds. The van der Waals surface area contributed by atoms with Gasteiger partial charge in [-0.05, 0) is 38.5 Å². The first-order valence-corrected chi connectivity index (χ1v) is 7.97. The minimum atomic E-state index is -3.50. The molecular formula is C13H20N2O2S2. The van der Waals surface area contributed by atoms with Crippen LogP contribution in [-0.4, -0.2) is 30.3 Å². The van der Waals surface area contributed by atoms with E-state index in [1.54, 1.807) is 18.2 Å². The van der Waals surface area contributed by atoms with Crippen LogP contribution < -0.4 is 5.73 Å². The van der Waals surface area contributed by atoms with Crippen molar-refractivity contribution >= 4 is 27.2 Å². The summed E-state index contributed by atoms with van der Waals surface area (Å²) in [6.07, 6.45) is 0.387. The lowest BCUT2D eigenvalue weighted by Crippen LogP contribution is -2.38. The number of nitrogens with zero attached hydrogens (tertiary/aromatic N) is 1. The van der Waals surface area contributed by atoms with Gasteiger partial charge < -0.3 is 5.73 Å². The van der Waals surface area contributed by atoms with Crippen LogP contribution in [0.15, 0.2) is 29.2 Å². The minimum absolute atomic E-state index is 0.139. The van der Waals surface area contributed by atoms with Crippen LogP contribution in [0.1, 0.15) is 25.8 Å². The highest BCUT2D eigenvalue weighted by atomic mass is 32.2. The average Bonchev–Trinajstić information content (AvgIpc) is 2.27. The van der Waals surface area contributed by atoms with Crippen LogP contribution >= 0.6 is 12.2 Å². The summed E-state index contributed by atoms with van der Waals surface area (Å²) in [5.74, 6) is 0. The first-order valence-electron chi connectivity index (χ1n) is 6.12. The Balaban J connectivity index is 3.09. The Morgan fingerprint density at radius 3 is 2.53 bits per heavy atom. The van der Waals surface area contributed by atoms with E-state index in [1.165, 1.54) is 4.31 Å². The predicted molar refractivity (Wildman–Crippen MR) is 81.6 cm³/mol. The third-order valence-corrected chi connectivity index (χ3v) is 5.03. The average molecular weight is 300 g/mol. The summed E-state index contributed by atoms with van der Waals surface area (Å²) in [7, 11) is -3.50. The van der Waals surface area contributed by atoms with Gasteiger partial charge in [-0.1, -0.05) is 24.4 Å². The van der Waals surface area contributed by atoms with E-state index >= 15 is 0 Å². The van der Waals surface area contributed by atoms with E-state index in [1.807, 2.05) is 26.8 Å². The molecule has 0 bridgehead atoms. The highest BCUT2D eigenvalue weighted by molar-refractivity contribution is 7.89. The topological polar surface area (TPSA) is 63.4 Å². The number of hydrogen-bond acceptors (Lipinski definition) is 3. The van der Waals surface area contributed by atoms with Gasteiger partial charge in [0.1, 0.15) is 0 Å². The number of aryl methyl sites for hydroxylation is 1. The highest BCUT2D eigenvalue weighted by Crippen LogP contribution is 2.19. The molecule has 4 nitrogen and oxygen atoms in total. The maximum absolute atomic E-state index is 12.6. The predicted octanol–water partition coefficient (Wildman–Crippen LogP) is 2.07. The lowest BCUT2D eigenvalue weighted by molar-refractivity contribution is 0.362. The fraction of sp³-hybridized carbons (Fsp3) is 0.462. The molecule has 0 radical (unpaired) electrons. The molecule has 1 aromatic carbocycles. The van der Waals surface area contributed by atoms with E-state index in [9.17, 15) is 8.42 Å². The van der Waals surface area contributed by atoms with Gasteiger partial charge in [-0.3, -0.25) is 0 Å². The number of thiocarbonyl (C=S) groups is 1. The van der Waals surface area contributed by atoms with Crippen LogP contribution in [0, 0.1) is 6.92 Å². The standard InChI is InChI=1S/C13H20N2O2S2/c1-10(2)15(8-7-13(14)18)19(16,17)12-6-4-5-11(3)9-12/h4-6,9-10H,7-8H2,1-3H3,(H2,14,18). The summed E-state index contributed by atoms with van der Waals surface area (Å²) in [5.41, 5.74) is 6.37. The van der Waals surface area contributed by atoms with Crippen molar-refractivity contribution in [3.05, 3.63) is 29.8 Å². The zero-order valence-electron chi connectivity index (χ0n) is 11.5. The third kappa shape index (κ3) is 4.26. The molecule has 0 aromatic heterocycles. The van der Waals surface area contributed by atoms with Crippen molar-refractivity contribution in [2.75, 3.05) is 6.54 Å². The highest BCUT2D eigenvalue weighted by Gasteiger charge is 2.26. The fourth-order valence-electron chi connectivity index (χ4n) is 1.79. The van der Waals surface area contributed by atoms with Crippen LogP contribution in [0.4, 0.5) is 0 Å². The maximum atomic E-state index is 12.6. The fourth-order valence-corrected chi connectivity index (χ4v) is 3.62. The van der Waals surface area contributed by atoms with Gasteiger partial charge in [0.25, 0.3) is 0 Å². The summed E-state index contributed by atoms with van der Waals surface area (Å²) >= 11 is 4.82. The van der Waals surface area contributed by atoms with E-state index < -0.39 is 10.0 Å². The molecule has 0 saturated heterocycles. The third-order valence-electron chi connectivity index (χ3n) is 2.75. The summed E-state index contributed by atoms with van der Waals surface area (Å²) in [6.45, 7) is 5.86. The second-order valence-corrected chi connectivity index (χ2v) is 7.16. The molecule has 19 heavy (non-hydrogen) atoms. The van der Waals surface area contributed by atoms with Gasteiger partial charge in [-0.2, -0.15) is 4.31 Å². The number of rotatable bonds is 6. The largest absolute Gasteiger partial charge is 0.393 e. The number of hydrogen-bond donors (Lipinski definition) is 1. The zero-order valence-corrected chi connectivity index (χ0v) is 13.1. The zero-order chi connectivity index (χ0) is 14.6. The normalized spacial score (nSPS) is 12.1. The summed E-state index contributed by atoms with van der Waals surface area (Å²) < 4.78 is 26.6. The van der Waals surface area contributed by atoms with Crippen molar-refractivity contribution in [3.63, 3.8) is 0 Å². The van der Waals surface area contributed by atoms with Crippen molar-refractivity contribution in [1.82, 2.24) is 4.31 Å². The van der Waals surface area contributed by atoms with E-state index in [-0.39, 0.29) is 6.04 Å². The summed E-state index contributed by atoms with van der Waals surface area (Å²) in [4.78, 5) is 0.634. The molecule has 0 unspecified atom stereocenters. The number of sulfonamides is 1. The van der Waals surface area contributed by atoms with Crippen LogP contribution in [0.25, 0.3) is 0 Å². The van der Waals surface area contributed by atoms with Gasteiger partial charge in [-0.25, -0.2) is 8.42 Å². The van der Waals surface area contributed by atoms with Crippen molar-refractivity contribution in [3.8, 4) is 0 Å². The molecule has 1 aromatic rings. The van der Waals surface area contributed by atoms with Gasteiger partial charge >= 0.3 is 0 Å². The molecule has 6 heteroatoms. The van der Waals surface area contributed by atoms with Gasteiger partial charge in [0.15, 0.2) is 0 Å². The Hall–Kier alpha value is -0.980. The molecule has 1 rings (SSSR count). The van der Waals surface area contributed by atoms with E-state index in [0.29, 0.717) is 22.8 Å². The Morgan fingerprint density at radius 2 is 2.05 bits per heavy atom. The second-order valence-electron chi connectivity index (χ2n) is 4.74. The Bertz CT molecular complexity index is 554. The minimum Gasteiger partial charge on any atom is -0.393 e. The van der Waals surface area contributed by atoms with Gasteiger partial charge in [-0.15, -0.1) is 0 Å². The molecule has 0 spiro atoms. The Morgan fingerprint density at radius 1 is 1.42 bits per heavy atom. The van der Waals surface area contributed by atoms with Crippen molar-refractivity contribution in [2.45, 2.75) is 38.1 Å². The monoisotopic (exact) mass is 300 g/mol. The van der Waals surface area contributed by atoms with E-state index in [2.05, 4.69) is 0 Å². The summed E-state index contributed by atoms with van der Waals surface area (Å²) in [5, 5.41) is 0. The molecule has 2 N–H and O–H groups in total. The molecular weight excluding hydrogens is 280 g/mol. The van der Waals surface area contributed by atoms with Crippen LogP contribution in [-0.2, 0) is 10.0 Å². The van der Waals surface area contributed by atoms with Crippen molar-refractivity contribution in [2.24, 2.45) is 5.73 Å². The van der Waals surface area contributed by atoms with Crippen molar-refractivity contribution < 1.29 is 8.42 Å². The van der Waals surface area contributed by atoms with Crippen LogP contribution in [0.3, 0.4) is 0 Å². The lowest BCUT2D eigenvalue weighted by Gasteiger charge is -2.25. The summed E-state index contributed by atoms with van der Waals surface area (Å²) in [6, 6.07) is 6.76. The van der Waals surface area contributed by atoms with Crippen LogP contribution in [0.5, 0.6) is 0 Å². The van der Waals surface area contributed by atoms with Gasteiger partial charge in [0, 0.05) is 19.0 Å². The van der Waals surface area contributed by atoms with E-state index in [0.717, 1.165) is 5.56 Å². The molecule has 0 aliphatic heterocycles. The first-order chi connectivity index (χ1) is 8.75. The molecule has 0 aliphatic carbocycles. The number of benzene rings is 1. The first kappa shape index (κ1) is 16.1. The van der Waals surface area contributed by atoms with Gasteiger partial charge in [0.05, 0.1) is 9.88 Å². The van der Waals surface area contributed by atoms with Gasteiger partial charge in [0.2, 0.25) is 10.0 Å². The van der Waals surface area contributed by atoms with Crippen molar-refractivity contribution in [1.29, 1.82) is 0 Å². The van der Waals surface area contributed by atoms with Crippen LogP contribution in [0.2, 0.25) is 0 Å². The molecule has 0 aliphatic rings. The Labute approximate surface area is 120 Å².